The van der Waals surface area contributed by atoms with Crippen LogP contribution in [0.15, 0.2) is 30.5 Å². The summed E-state index contributed by atoms with van der Waals surface area (Å²) in [6, 6.07) is 8.55. The molecule has 1 heterocycles. The van der Waals surface area contributed by atoms with Crippen LogP contribution in [-0.2, 0) is 0 Å². The molecule has 6 nitrogen and oxygen atoms in total. The average molecular weight is 300 g/mol. The number of nitrogens with one attached hydrogen (secondary N) is 2. The first-order valence-electron chi connectivity index (χ1n) is 7.70. The van der Waals surface area contributed by atoms with Crippen LogP contribution in [0, 0.1) is 0 Å². The lowest BCUT2D eigenvalue weighted by molar-refractivity contribution is 0.866. The molecule has 6 heteroatoms. The topological polar surface area (TPSA) is 66.0 Å². The lowest BCUT2D eigenvalue weighted by Crippen LogP contribution is -2.21. The Labute approximate surface area is 132 Å². The predicted octanol–water partition coefficient (Wildman–Crippen LogP) is 3.28. The average Bonchev–Trinajstić information content (AvgIpc) is 2.50. The molecule has 0 spiro atoms. The Kier molecular flexibility index (Phi) is 5.52. The second-order valence-electron chi connectivity index (χ2n) is 5.31. The molecule has 1 aromatic heterocycles. The van der Waals surface area contributed by atoms with Gasteiger partial charge in [0.2, 0.25) is 5.95 Å². The zero-order valence-corrected chi connectivity index (χ0v) is 13.7. The SMILES string of the molecule is CCN(CC)c1ccc(Nc2nncc(NC(C)C)n2)cc1. The van der Waals surface area contributed by atoms with Gasteiger partial charge in [0.1, 0.15) is 0 Å². The number of nitrogens with zero attached hydrogens (tertiary/aromatic N) is 4. The molecule has 2 N–H and O–H groups in total. The molecule has 0 radical (unpaired) electrons. The summed E-state index contributed by atoms with van der Waals surface area (Å²) < 4.78 is 0. The number of aromatic nitrogens is 3. The third kappa shape index (κ3) is 4.31. The Morgan fingerprint density at radius 2 is 1.77 bits per heavy atom. The van der Waals surface area contributed by atoms with Crippen molar-refractivity contribution in [2.24, 2.45) is 0 Å². The van der Waals surface area contributed by atoms with Gasteiger partial charge in [0, 0.05) is 30.5 Å². The van der Waals surface area contributed by atoms with Crippen molar-refractivity contribution < 1.29 is 0 Å². The third-order valence-electron chi connectivity index (χ3n) is 3.25. The molecule has 0 aliphatic rings. The molecular formula is C16H24N6. The highest BCUT2D eigenvalue weighted by atomic mass is 15.3. The van der Waals surface area contributed by atoms with Crippen LogP contribution in [0.1, 0.15) is 27.7 Å². The first-order valence-corrected chi connectivity index (χ1v) is 7.70. The minimum absolute atomic E-state index is 0.304. The van der Waals surface area contributed by atoms with Crippen molar-refractivity contribution in [3.05, 3.63) is 30.5 Å². The minimum Gasteiger partial charge on any atom is -0.372 e. The highest BCUT2D eigenvalue weighted by Gasteiger charge is 2.04. The van der Waals surface area contributed by atoms with Crippen LogP contribution < -0.4 is 15.5 Å². The first-order chi connectivity index (χ1) is 10.6. The maximum absolute atomic E-state index is 4.39. The number of hydrogen-bond donors (Lipinski definition) is 2. The normalized spacial score (nSPS) is 10.6. The van der Waals surface area contributed by atoms with E-state index in [9.17, 15) is 0 Å². The molecule has 2 aromatic rings. The molecule has 0 amide bonds. The Hall–Kier alpha value is -2.37. The molecule has 2 rings (SSSR count). The Balaban J connectivity index is 2.07. The van der Waals surface area contributed by atoms with Crippen LogP contribution in [0.25, 0.3) is 0 Å². The molecule has 0 fully saturated rings. The van der Waals surface area contributed by atoms with Gasteiger partial charge in [0.25, 0.3) is 0 Å². The van der Waals surface area contributed by atoms with Crippen molar-refractivity contribution in [2.75, 3.05) is 28.6 Å². The summed E-state index contributed by atoms with van der Waals surface area (Å²) in [4.78, 5) is 6.69. The fourth-order valence-corrected chi connectivity index (χ4v) is 2.20. The van der Waals surface area contributed by atoms with Crippen molar-refractivity contribution in [3.8, 4) is 0 Å². The number of hydrogen-bond acceptors (Lipinski definition) is 6. The molecule has 1 aromatic carbocycles. The number of rotatable bonds is 7. The summed E-state index contributed by atoms with van der Waals surface area (Å²) in [6.07, 6.45) is 1.62. The molecule has 0 unspecified atom stereocenters. The largest absolute Gasteiger partial charge is 0.372 e. The fraction of sp³-hybridized carbons (Fsp3) is 0.438. The maximum Gasteiger partial charge on any atom is 0.249 e. The summed E-state index contributed by atoms with van der Waals surface area (Å²) in [5.74, 6) is 1.20. The van der Waals surface area contributed by atoms with Gasteiger partial charge >= 0.3 is 0 Å². The summed E-state index contributed by atoms with van der Waals surface area (Å²) >= 11 is 0. The highest BCUT2D eigenvalue weighted by molar-refractivity contribution is 5.59. The zero-order chi connectivity index (χ0) is 15.9. The Morgan fingerprint density at radius 1 is 1.09 bits per heavy atom. The van der Waals surface area contributed by atoms with Gasteiger partial charge < -0.3 is 15.5 Å². The molecule has 0 aliphatic heterocycles. The summed E-state index contributed by atoms with van der Waals surface area (Å²) in [5, 5.41) is 14.4. The van der Waals surface area contributed by atoms with Crippen molar-refractivity contribution in [2.45, 2.75) is 33.7 Å². The van der Waals surface area contributed by atoms with Crippen molar-refractivity contribution in [1.29, 1.82) is 0 Å². The third-order valence-corrected chi connectivity index (χ3v) is 3.25. The minimum atomic E-state index is 0.304. The van der Waals surface area contributed by atoms with Crippen molar-refractivity contribution >= 4 is 23.1 Å². The van der Waals surface area contributed by atoms with Gasteiger partial charge in [-0.25, -0.2) is 0 Å². The van der Waals surface area contributed by atoms with E-state index < -0.39 is 0 Å². The van der Waals surface area contributed by atoms with Gasteiger partial charge in [-0.05, 0) is 52.0 Å². The van der Waals surface area contributed by atoms with Crippen LogP contribution in [0.4, 0.5) is 23.1 Å². The molecule has 0 bridgehead atoms. The lowest BCUT2D eigenvalue weighted by Gasteiger charge is -2.21. The predicted molar refractivity (Wildman–Crippen MR) is 91.9 cm³/mol. The Morgan fingerprint density at radius 3 is 2.36 bits per heavy atom. The van der Waals surface area contributed by atoms with E-state index in [-0.39, 0.29) is 0 Å². The highest BCUT2D eigenvalue weighted by Crippen LogP contribution is 2.19. The van der Waals surface area contributed by atoms with Crippen LogP contribution in [0.5, 0.6) is 0 Å². The maximum atomic E-state index is 4.39. The molecule has 0 aliphatic carbocycles. The van der Waals surface area contributed by atoms with Crippen LogP contribution >= 0.6 is 0 Å². The Bertz CT molecular complexity index is 577. The number of benzene rings is 1. The molecule has 22 heavy (non-hydrogen) atoms. The fourth-order valence-electron chi connectivity index (χ4n) is 2.20. The summed E-state index contributed by atoms with van der Waals surface area (Å²) in [5.41, 5.74) is 2.16. The summed E-state index contributed by atoms with van der Waals surface area (Å²) in [7, 11) is 0. The van der Waals surface area contributed by atoms with Gasteiger partial charge in [-0.3, -0.25) is 0 Å². The zero-order valence-electron chi connectivity index (χ0n) is 13.7. The molecular weight excluding hydrogens is 276 g/mol. The van der Waals surface area contributed by atoms with E-state index in [1.54, 1.807) is 6.20 Å². The van der Waals surface area contributed by atoms with E-state index in [4.69, 9.17) is 0 Å². The number of anilines is 4. The van der Waals surface area contributed by atoms with Crippen molar-refractivity contribution in [3.63, 3.8) is 0 Å². The van der Waals surface area contributed by atoms with Crippen LogP contribution in [0.3, 0.4) is 0 Å². The molecule has 0 saturated heterocycles. The van der Waals surface area contributed by atoms with Gasteiger partial charge in [0.15, 0.2) is 5.82 Å². The monoisotopic (exact) mass is 300 g/mol. The second-order valence-corrected chi connectivity index (χ2v) is 5.31. The van der Waals surface area contributed by atoms with E-state index in [2.05, 4.69) is 70.5 Å². The van der Waals surface area contributed by atoms with Crippen LogP contribution in [-0.4, -0.2) is 34.3 Å². The summed E-state index contributed by atoms with van der Waals surface area (Å²) in [6.45, 7) is 10.4. The van der Waals surface area contributed by atoms with E-state index in [0.29, 0.717) is 17.8 Å². The second kappa shape index (κ2) is 7.59. The molecule has 118 valence electrons. The quantitative estimate of drug-likeness (QED) is 0.818. The van der Waals surface area contributed by atoms with E-state index in [1.165, 1.54) is 5.69 Å². The first kappa shape index (κ1) is 16.0. The van der Waals surface area contributed by atoms with Gasteiger partial charge in [-0.1, -0.05) is 0 Å². The molecule has 0 saturated carbocycles. The van der Waals surface area contributed by atoms with Crippen molar-refractivity contribution in [1.82, 2.24) is 15.2 Å². The van der Waals surface area contributed by atoms with E-state index >= 15 is 0 Å². The van der Waals surface area contributed by atoms with Gasteiger partial charge in [0.05, 0.1) is 6.20 Å². The smallest absolute Gasteiger partial charge is 0.249 e. The van der Waals surface area contributed by atoms with Gasteiger partial charge in [-0.2, -0.15) is 10.1 Å². The van der Waals surface area contributed by atoms with Crippen LogP contribution in [0.2, 0.25) is 0 Å². The molecule has 0 atom stereocenters. The standard InChI is InChI=1S/C16H24N6/c1-5-22(6-2)14-9-7-13(8-10-14)19-16-20-15(11-17-21-16)18-12(3)4/h7-12H,5-6H2,1-4H3,(H2,18,19,20,21). The van der Waals surface area contributed by atoms with E-state index in [1.807, 2.05) is 12.1 Å². The van der Waals surface area contributed by atoms with Gasteiger partial charge in [-0.15, -0.1) is 5.10 Å². The lowest BCUT2D eigenvalue weighted by atomic mass is 10.2. The van der Waals surface area contributed by atoms with E-state index in [0.717, 1.165) is 18.8 Å².